The first-order valence-electron chi connectivity index (χ1n) is 6.49. The minimum absolute atomic E-state index is 0.0535. The van der Waals surface area contributed by atoms with Gasteiger partial charge in [-0.3, -0.25) is 14.9 Å². The average molecular weight is 331 g/mol. The molecular weight excluding hydrogens is 322 g/mol. The first kappa shape index (κ1) is 15.2. The van der Waals surface area contributed by atoms with E-state index in [1.807, 2.05) is 0 Å². The Morgan fingerprint density at radius 1 is 0.917 bits per heavy atom. The molecule has 0 aliphatic rings. The number of phenols is 4. The molecule has 0 unspecified atom stereocenters. The van der Waals surface area contributed by atoms with E-state index in [0.29, 0.717) is 5.56 Å². The number of benzene rings is 2. The van der Waals surface area contributed by atoms with Crippen LogP contribution in [0, 0.1) is 10.1 Å². The fraction of sp³-hybridized carbons (Fsp3) is 0. The third-order valence-electron chi connectivity index (χ3n) is 3.44. The van der Waals surface area contributed by atoms with E-state index in [1.54, 1.807) is 0 Å². The first-order chi connectivity index (χ1) is 11.3. The van der Waals surface area contributed by atoms with Crippen LogP contribution in [-0.2, 0) is 0 Å². The number of phenolic OH excluding ortho intramolecular Hbond substituents is 4. The molecule has 0 fully saturated rings. The average Bonchev–Trinajstić information content (AvgIpc) is 2.57. The van der Waals surface area contributed by atoms with Gasteiger partial charge in [0.25, 0.3) is 5.69 Å². The van der Waals surface area contributed by atoms with Crippen LogP contribution in [0.25, 0.3) is 22.3 Å². The second kappa shape index (κ2) is 5.16. The van der Waals surface area contributed by atoms with Crippen LogP contribution >= 0.6 is 0 Å². The van der Waals surface area contributed by atoms with Crippen molar-refractivity contribution in [3.63, 3.8) is 0 Å². The Balaban J connectivity index is 2.28. The summed E-state index contributed by atoms with van der Waals surface area (Å²) >= 11 is 0. The molecule has 0 saturated carbocycles. The number of aromatic hydroxyl groups is 4. The topological polar surface area (TPSA) is 154 Å². The fourth-order valence-corrected chi connectivity index (χ4v) is 2.22. The van der Waals surface area contributed by atoms with Crippen molar-refractivity contribution in [3.05, 3.63) is 50.7 Å². The van der Waals surface area contributed by atoms with Crippen LogP contribution in [0.15, 0.2) is 39.5 Å². The Morgan fingerprint density at radius 3 is 2.08 bits per heavy atom. The number of nitrogens with zero attached hydrogens (tertiary/aromatic N) is 1. The van der Waals surface area contributed by atoms with Crippen LogP contribution in [0.2, 0.25) is 0 Å². The van der Waals surface area contributed by atoms with Gasteiger partial charge in [-0.1, -0.05) is 0 Å². The van der Waals surface area contributed by atoms with Crippen molar-refractivity contribution in [2.45, 2.75) is 0 Å². The zero-order chi connectivity index (χ0) is 17.6. The SMILES string of the molecule is O=c1cc(-c2ccc([N+](=O)[O-])cc2)oc2c(O)c(O)c(O)c(O)c12. The Labute approximate surface area is 132 Å². The molecular formula is C15H9NO8. The van der Waals surface area contributed by atoms with Gasteiger partial charge in [-0.05, 0) is 12.1 Å². The van der Waals surface area contributed by atoms with Gasteiger partial charge in [0.1, 0.15) is 11.1 Å². The molecule has 0 saturated heterocycles. The van der Waals surface area contributed by atoms with Crippen molar-refractivity contribution in [2.75, 3.05) is 0 Å². The molecule has 0 bridgehead atoms. The van der Waals surface area contributed by atoms with Crippen LogP contribution in [0.1, 0.15) is 0 Å². The number of rotatable bonds is 2. The van der Waals surface area contributed by atoms with Crippen LogP contribution in [-0.4, -0.2) is 25.3 Å². The van der Waals surface area contributed by atoms with Gasteiger partial charge in [0.2, 0.25) is 17.2 Å². The summed E-state index contributed by atoms with van der Waals surface area (Å²) < 4.78 is 5.33. The molecule has 0 spiro atoms. The lowest BCUT2D eigenvalue weighted by Gasteiger charge is -2.09. The molecule has 0 amide bonds. The smallest absolute Gasteiger partial charge is 0.269 e. The summed E-state index contributed by atoms with van der Waals surface area (Å²) in [7, 11) is 0. The molecule has 0 aliphatic carbocycles. The lowest BCUT2D eigenvalue weighted by Crippen LogP contribution is -2.01. The quantitative estimate of drug-likeness (QED) is 0.241. The predicted octanol–water partition coefficient (Wildman–Crippen LogP) is 2.19. The van der Waals surface area contributed by atoms with Crippen LogP contribution in [0.5, 0.6) is 23.0 Å². The summed E-state index contributed by atoms with van der Waals surface area (Å²) in [5.41, 5.74) is -1.17. The predicted molar refractivity (Wildman–Crippen MR) is 81.2 cm³/mol. The standard InChI is InChI=1S/C15H9NO8/c17-8-5-9(6-1-3-7(4-2-6)16(22)23)24-15-10(8)11(18)12(19)13(20)14(15)21/h1-5,18-21H. The van der Waals surface area contributed by atoms with Gasteiger partial charge in [-0.2, -0.15) is 0 Å². The van der Waals surface area contributed by atoms with Crippen molar-refractivity contribution in [1.82, 2.24) is 0 Å². The summed E-state index contributed by atoms with van der Waals surface area (Å²) in [4.78, 5) is 22.2. The monoisotopic (exact) mass is 331 g/mol. The van der Waals surface area contributed by atoms with Gasteiger partial charge >= 0.3 is 0 Å². The van der Waals surface area contributed by atoms with Crippen molar-refractivity contribution >= 4 is 16.7 Å². The van der Waals surface area contributed by atoms with Crippen molar-refractivity contribution in [3.8, 4) is 34.3 Å². The summed E-state index contributed by atoms with van der Waals surface area (Å²) in [5, 5.41) is 48.7. The maximum Gasteiger partial charge on any atom is 0.269 e. The maximum atomic E-state index is 12.2. The van der Waals surface area contributed by atoms with Gasteiger partial charge in [0.05, 0.1) is 4.92 Å². The third-order valence-corrected chi connectivity index (χ3v) is 3.44. The van der Waals surface area contributed by atoms with E-state index in [2.05, 4.69) is 0 Å². The minimum Gasteiger partial charge on any atom is -0.504 e. The van der Waals surface area contributed by atoms with E-state index >= 15 is 0 Å². The second-order valence-corrected chi connectivity index (χ2v) is 4.88. The van der Waals surface area contributed by atoms with Crippen LogP contribution in [0.4, 0.5) is 5.69 Å². The Morgan fingerprint density at radius 2 is 1.50 bits per heavy atom. The van der Waals surface area contributed by atoms with Crippen molar-refractivity contribution < 1.29 is 29.8 Å². The zero-order valence-corrected chi connectivity index (χ0v) is 11.8. The molecule has 9 heteroatoms. The number of hydrogen-bond acceptors (Lipinski definition) is 8. The molecule has 2 aromatic carbocycles. The molecule has 24 heavy (non-hydrogen) atoms. The molecule has 0 aliphatic heterocycles. The maximum absolute atomic E-state index is 12.2. The van der Waals surface area contributed by atoms with Gasteiger partial charge in [0.15, 0.2) is 16.8 Å². The fourth-order valence-electron chi connectivity index (χ4n) is 2.22. The molecule has 9 nitrogen and oxygen atoms in total. The largest absolute Gasteiger partial charge is 0.504 e. The van der Waals surface area contributed by atoms with Gasteiger partial charge in [-0.25, -0.2) is 0 Å². The van der Waals surface area contributed by atoms with Crippen molar-refractivity contribution in [1.29, 1.82) is 0 Å². The third kappa shape index (κ3) is 2.15. The highest BCUT2D eigenvalue weighted by atomic mass is 16.6. The number of fused-ring (bicyclic) bond motifs is 1. The highest BCUT2D eigenvalue weighted by Crippen LogP contribution is 2.47. The van der Waals surface area contributed by atoms with E-state index in [4.69, 9.17) is 4.42 Å². The number of hydrogen-bond donors (Lipinski definition) is 4. The number of nitro groups is 1. The molecule has 122 valence electrons. The molecule has 0 atom stereocenters. The molecule has 1 heterocycles. The van der Waals surface area contributed by atoms with Crippen LogP contribution < -0.4 is 5.43 Å². The summed E-state index contributed by atoms with van der Waals surface area (Å²) in [6.45, 7) is 0. The van der Waals surface area contributed by atoms with E-state index in [-0.39, 0.29) is 11.4 Å². The summed E-state index contributed by atoms with van der Waals surface area (Å²) in [6.07, 6.45) is 0. The van der Waals surface area contributed by atoms with Crippen molar-refractivity contribution in [2.24, 2.45) is 0 Å². The molecule has 0 radical (unpaired) electrons. The second-order valence-electron chi connectivity index (χ2n) is 4.88. The Bertz CT molecular complexity index is 1040. The Kier molecular flexibility index (Phi) is 3.26. The zero-order valence-electron chi connectivity index (χ0n) is 11.8. The molecule has 3 aromatic rings. The summed E-state index contributed by atoms with van der Waals surface area (Å²) in [6, 6.07) is 6.05. The molecule has 1 aromatic heterocycles. The molecule has 4 N–H and O–H groups in total. The normalized spacial score (nSPS) is 10.8. The van der Waals surface area contributed by atoms with E-state index < -0.39 is 44.3 Å². The Hall–Kier alpha value is -3.75. The minimum atomic E-state index is -1.05. The van der Waals surface area contributed by atoms with E-state index in [1.165, 1.54) is 24.3 Å². The lowest BCUT2D eigenvalue weighted by molar-refractivity contribution is -0.384. The lowest BCUT2D eigenvalue weighted by atomic mass is 10.1. The van der Waals surface area contributed by atoms with Gasteiger partial charge in [0, 0.05) is 23.8 Å². The highest BCUT2D eigenvalue weighted by Gasteiger charge is 2.23. The van der Waals surface area contributed by atoms with E-state index in [9.17, 15) is 35.3 Å². The summed E-state index contributed by atoms with van der Waals surface area (Å²) in [5.74, 6) is -3.98. The number of nitro benzene ring substituents is 1. The first-order valence-corrected chi connectivity index (χ1v) is 6.49. The van der Waals surface area contributed by atoms with Crippen LogP contribution in [0.3, 0.4) is 0 Å². The number of non-ortho nitro benzene ring substituents is 1. The highest BCUT2D eigenvalue weighted by molar-refractivity contribution is 5.94. The van der Waals surface area contributed by atoms with Gasteiger partial charge < -0.3 is 24.8 Å². The molecule has 3 rings (SSSR count). The van der Waals surface area contributed by atoms with Gasteiger partial charge in [-0.15, -0.1) is 0 Å². The van der Waals surface area contributed by atoms with E-state index in [0.717, 1.165) is 6.07 Å².